The lowest BCUT2D eigenvalue weighted by molar-refractivity contribution is 0.224. The maximum Gasteiger partial charge on any atom is 0.132 e. The van der Waals surface area contributed by atoms with Crippen molar-refractivity contribution in [1.29, 1.82) is 0 Å². The van der Waals surface area contributed by atoms with Gasteiger partial charge in [0.1, 0.15) is 12.0 Å². The number of dihydropyridines is 1. The maximum absolute atomic E-state index is 6.56. The molecule has 2 heterocycles. The minimum atomic E-state index is -0.387. The van der Waals surface area contributed by atoms with Crippen LogP contribution in [-0.4, -0.2) is 43.6 Å². The summed E-state index contributed by atoms with van der Waals surface area (Å²) in [5.74, 6) is 1.40. The molecule has 0 aromatic heterocycles. The highest BCUT2D eigenvalue weighted by Crippen LogP contribution is 2.25. The molecular formula is C28H41ClN6. The molecule has 35 heavy (non-hydrogen) atoms. The van der Waals surface area contributed by atoms with Crippen molar-refractivity contribution in [3.8, 4) is 0 Å². The fourth-order valence-corrected chi connectivity index (χ4v) is 4.43. The molecule has 0 bridgehead atoms. The first-order chi connectivity index (χ1) is 16.7. The highest BCUT2D eigenvalue weighted by molar-refractivity contribution is 6.29. The Hall–Kier alpha value is -2.54. The molecule has 1 aromatic rings. The molecule has 0 radical (unpaired) electrons. The van der Waals surface area contributed by atoms with E-state index in [2.05, 4.69) is 67.6 Å². The summed E-state index contributed by atoms with van der Waals surface area (Å²) in [6.07, 6.45) is 11.5. The zero-order valence-electron chi connectivity index (χ0n) is 21.5. The lowest BCUT2D eigenvalue weighted by atomic mass is 9.87. The van der Waals surface area contributed by atoms with E-state index in [1.807, 2.05) is 12.2 Å². The molecule has 1 unspecified atom stereocenters. The van der Waals surface area contributed by atoms with E-state index in [1.165, 1.54) is 24.6 Å². The second kappa shape index (κ2) is 12.4. The predicted molar refractivity (Wildman–Crippen MR) is 150 cm³/mol. The lowest BCUT2D eigenvalue weighted by Gasteiger charge is -2.29. The summed E-state index contributed by atoms with van der Waals surface area (Å²) in [4.78, 5) is 7.43. The number of halogens is 1. The van der Waals surface area contributed by atoms with Gasteiger partial charge < -0.3 is 27.0 Å². The molecule has 0 amide bonds. The summed E-state index contributed by atoms with van der Waals surface area (Å²) in [5.41, 5.74) is 16.3. The maximum atomic E-state index is 6.56. The quantitative estimate of drug-likeness (QED) is 0.247. The molecule has 3 rings (SSSR count). The minimum Gasteiger partial charge on any atom is -0.405 e. The number of benzene rings is 1. The molecule has 7 heteroatoms. The van der Waals surface area contributed by atoms with Gasteiger partial charge in [-0.05, 0) is 86.4 Å². The number of hydrogen-bond acceptors (Lipinski definition) is 5. The summed E-state index contributed by atoms with van der Waals surface area (Å²) in [6, 6.07) is 8.58. The number of aliphatic imine (C=N–C) groups is 1. The van der Waals surface area contributed by atoms with Crippen molar-refractivity contribution in [1.82, 2.24) is 10.2 Å². The van der Waals surface area contributed by atoms with Crippen molar-refractivity contribution in [2.75, 3.05) is 32.0 Å². The van der Waals surface area contributed by atoms with Gasteiger partial charge in [0.25, 0.3) is 0 Å². The smallest absolute Gasteiger partial charge is 0.132 e. The number of nitrogens with two attached hydrogens (primary N) is 2. The molecule has 0 aliphatic carbocycles. The van der Waals surface area contributed by atoms with Gasteiger partial charge >= 0.3 is 0 Å². The fraction of sp³-hybridized carbons (Fsp3) is 0.464. The van der Waals surface area contributed by atoms with Gasteiger partial charge in [0, 0.05) is 35.0 Å². The number of piperidine rings is 1. The van der Waals surface area contributed by atoms with E-state index in [0.717, 1.165) is 42.4 Å². The van der Waals surface area contributed by atoms with Gasteiger partial charge in [0.2, 0.25) is 0 Å². The molecule has 1 saturated heterocycles. The number of hydrogen-bond donors (Lipinski definition) is 4. The number of nitrogens with one attached hydrogen (secondary N) is 2. The third kappa shape index (κ3) is 8.27. The van der Waals surface area contributed by atoms with E-state index in [1.54, 1.807) is 12.2 Å². The van der Waals surface area contributed by atoms with E-state index in [0.29, 0.717) is 17.4 Å². The van der Waals surface area contributed by atoms with E-state index in [-0.39, 0.29) is 11.6 Å². The molecule has 6 N–H and O–H groups in total. The Morgan fingerprint density at radius 1 is 1.20 bits per heavy atom. The number of likely N-dealkylation sites (tertiary alicyclic amines) is 1. The molecule has 1 atom stereocenters. The highest BCUT2D eigenvalue weighted by Gasteiger charge is 2.22. The van der Waals surface area contributed by atoms with Crippen LogP contribution in [0.3, 0.4) is 0 Å². The summed E-state index contributed by atoms with van der Waals surface area (Å²) in [6.45, 7) is 9.70. The number of allylic oxidation sites excluding steroid dienone is 5. The van der Waals surface area contributed by atoms with Gasteiger partial charge in [0.15, 0.2) is 0 Å². The second-order valence-corrected chi connectivity index (χ2v) is 11.0. The molecule has 0 spiro atoms. The van der Waals surface area contributed by atoms with Gasteiger partial charge in [-0.2, -0.15) is 0 Å². The third-order valence-corrected chi connectivity index (χ3v) is 6.78. The Kier molecular flexibility index (Phi) is 9.61. The van der Waals surface area contributed by atoms with Gasteiger partial charge in [-0.25, -0.2) is 0 Å². The van der Waals surface area contributed by atoms with Crippen LogP contribution >= 0.6 is 11.6 Å². The van der Waals surface area contributed by atoms with Gasteiger partial charge in [-0.15, -0.1) is 0 Å². The van der Waals surface area contributed by atoms with E-state index in [9.17, 15) is 0 Å². The van der Waals surface area contributed by atoms with Crippen LogP contribution < -0.4 is 22.1 Å². The molecule has 6 nitrogen and oxygen atoms in total. The molecule has 2 aliphatic heterocycles. The molecule has 0 saturated carbocycles. The van der Waals surface area contributed by atoms with Crippen LogP contribution in [0.5, 0.6) is 0 Å². The van der Waals surface area contributed by atoms with Crippen molar-refractivity contribution in [3.63, 3.8) is 0 Å². The Bertz CT molecular complexity index is 989. The van der Waals surface area contributed by atoms with Crippen LogP contribution in [-0.2, 0) is 5.41 Å². The van der Waals surface area contributed by atoms with Gasteiger partial charge in [0.05, 0.1) is 0 Å². The first-order valence-corrected chi connectivity index (χ1v) is 12.8. The third-order valence-electron chi connectivity index (χ3n) is 6.52. The van der Waals surface area contributed by atoms with Crippen molar-refractivity contribution < 1.29 is 0 Å². The molecule has 190 valence electrons. The number of nitrogens with zero attached hydrogens (tertiary/aromatic N) is 2. The number of anilines is 1. The average Bonchev–Trinajstić information content (AvgIpc) is 2.81. The molecule has 2 aliphatic rings. The van der Waals surface area contributed by atoms with Crippen molar-refractivity contribution in [3.05, 3.63) is 76.6 Å². The zero-order valence-corrected chi connectivity index (χ0v) is 22.3. The van der Waals surface area contributed by atoms with Crippen molar-refractivity contribution >= 4 is 23.1 Å². The summed E-state index contributed by atoms with van der Waals surface area (Å²) in [7, 11) is 2.18. The second-order valence-electron chi connectivity index (χ2n) is 10.5. The fourth-order valence-electron chi connectivity index (χ4n) is 4.21. The Labute approximate surface area is 215 Å². The van der Waals surface area contributed by atoms with E-state index < -0.39 is 0 Å². The average molecular weight is 497 g/mol. The number of amidine groups is 1. The van der Waals surface area contributed by atoms with Crippen LogP contribution in [0.25, 0.3) is 0 Å². The Morgan fingerprint density at radius 3 is 2.49 bits per heavy atom. The molecule has 1 aromatic carbocycles. The largest absolute Gasteiger partial charge is 0.405 e. The SMILES string of the molecule is CN1CCC(CN=C(Nc2ccc(C(C)(C)C)cc2)C2=CC=C(C/C(Cl)=C\C=C/N)NC2N)CC1. The lowest BCUT2D eigenvalue weighted by Crippen LogP contribution is -2.44. The van der Waals surface area contributed by atoms with E-state index in [4.69, 9.17) is 28.1 Å². The summed E-state index contributed by atoms with van der Waals surface area (Å²) >= 11 is 6.31. The normalized spacial score (nSPS) is 21.0. The van der Waals surface area contributed by atoms with Crippen LogP contribution in [0.1, 0.15) is 45.6 Å². The van der Waals surface area contributed by atoms with Crippen LogP contribution in [0.15, 0.2) is 76.1 Å². The number of rotatable bonds is 7. The standard InChI is InChI=1S/C28H41ClN6/c1-28(2,3)21-7-9-23(10-8-21)34-27(32-19-20-13-16-35(4)17-14-20)25-12-11-24(33-26(25)31)18-22(29)6-5-15-30/h5-12,15,20,26,33H,13-14,16-19,30-31H2,1-4H3,(H,32,34)/b15-5-,22-6+. The minimum absolute atomic E-state index is 0.110. The zero-order chi connectivity index (χ0) is 25.4. The van der Waals surface area contributed by atoms with Crippen molar-refractivity contribution in [2.24, 2.45) is 22.4 Å². The predicted octanol–water partition coefficient (Wildman–Crippen LogP) is 4.82. The summed E-state index contributed by atoms with van der Waals surface area (Å²) in [5, 5.41) is 7.61. The molecule has 1 fully saturated rings. The first kappa shape index (κ1) is 27.1. The van der Waals surface area contributed by atoms with Gasteiger partial charge in [-0.3, -0.25) is 4.99 Å². The van der Waals surface area contributed by atoms with Crippen LogP contribution in [0.4, 0.5) is 5.69 Å². The van der Waals surface area contributed by atoms with Crippen molar-refractivity contribution in [2.45, 2.75) is 51.6 Å². The topological polar surface area (TPSA) is 91.7 Å². The Morgan fingerprint density at radius 2 is 1.89 bits per heavy atom. The van der Waals surface area contributed by atoms with Crippen LogP contribution in [0, 0.1) is 5.92 Å². The molecular weight excluding hydrogens is 456 g/mol. The van der Waals surface area contributed by atoms with E-state index >= 15 is 0 Å². The first-order valence-electron chi connectivity index (χ1n) is 12.4. The van der Waals surface area contributed by atoms with Gasteiger partial charge in [-0.1, -0.05) is 50.6 Å². The Balaban J connectivity index is 1.82. The van der Waals surface area contributed by atoms with Crippen LogP contribution in [0.2, 0.25) is 0 Å². The monoisotopic (exact) mass is 496 g/mol. The highest BCUT2D eigenvalue weighted by atomic mass is 35.5. The summed E-state index contributed by atoms with van der Waals surface area (Å²) < 4.78 is 0.